The van der Waals surface area contributed by atoms with Crippen molar-refractivity contribution >= 4 is 5.78 Å². The van der Waals surface area contributed by atoms with E-state index < -0.39 is 0 Å². The van der Waals surface area contributed by atoms with E-state index in [0.29, 0.717) is 5.56 Å². The van der Waals surface area contributed by atoms with Crippen LogP contribution in [0.4, 0.5) is 0 Å². The van der Waals surface area contributed by atoms with E-state index in [1.165, 1.54) is 0 Å². The Morgan fingerprint density at radius 1 is 1.15 bits per heavy atom. The fourth-order valence-corrected chi connectivity index (χ4v) is 2.89. The molecule has 20 heavy (non-hydrogen) atoms. The first kappa shape index (κ1) is 16.7. The molecule has 2 heteroatoms. The van der Waals surface area contributed by atoms with Gasteiger partial charge in [0.15, 0.2) is 5.78 Å². The maximum atomic E-state index is 12.2. The third kappa shape index (κ3) is 4.09. The first-order chi connectivity index (χ1) is 8.94. The van der Waals surface area contributed by atoms with Crippen LogP contribution in [0.5, 0.6) is 5.75 Å². The van der Waals surface area contributed by atoms with Crippen LogP contribution in [0.1, 0.15) is 70.8 Å². The first-order valence-corrected chi connectivity index (χ1v) is 7.32. The van der Waals surface area contributed by atoms with E-state index in [4.69, 9.17) is 0 Å². The number of rotatable bonds is 4. The van der Waals surface area contributed by atoms with Gasteiger partial charge in [-0.1, -0.05) is 54.5 Å². The molecule has 0 radical (unpaired) electrons. The lowest BCUT2D eigenvalue weighted by molar-refractivity contribution is 0.0936. The standard InChI is InChI=1S/C18H28O2/c1-12(2)16(20)14-10-13(8-9-15(14)19)18(6,7)11-17(3,4)5/h8-10,12,19H,11H2,1-7H3. The smallest absolute Gasteiger partial charge is 0.169 e. The highest BCUT2D eigenvalue weighted by molar-refractivity contribution is 6.00. The van der Waals surface area contributed by atoms with Crippen molar-refractivity contribution in [3.05, 3.63) is 29.3 Å². The third-order valence-corrected chi connectivity index (χ3v) is 3.54. The van der Waals surface area contributed by atoms with Crippen LogP contribution in [0.3, 0.4) is 0 Å². The zero-order valence-corrected chi connectivity index (χ0v) is 13.9. The van der Waals surface area contributed by atoms with Gasteiger partial charge in [0.2, 0.25) is 0 Å². The van der Waals surface area contributed by atoms with Crippen molar-refractivity contribution in [1.29, 1.82) is 0 Å². The molecule has 2 nitrogen and oxygen atoms in total. The molecule has 0 saturated carbocycles. The molecule has 1 aromatic carbocycles. The summed E-state index contributed by atoms with van der Waals surface area (Å²) < 4.78 is 0. The van der Waals surface area contributed by atoms with E-state index in [-0.39, 0.29) is 28.3 Å². The summed E-state index contributed by atoms with van der Waals surface area (Å²) in [4.78, 5) is 12.2. The summed E-state index contributed by atoms with van der Waals surface area (Å²) in [6.45, 7) is 14.7. The van der Waals surface area contributed by atoms with Crippen LogP contribution in [0, 0.1) is 11.3 Å². The van der Waals surface area contributed by atoms with Crippen molar-refractivity contribution in [3.8, 4) is 5.75 Å². The first-order valence-electron chi connectivity index (χ1n) is 7.32. The third-order valence-electron chi connectivity index (χ3n) is 3.54. The van der Waals surface area contributed by atoms with Crippen molar-refractivity contribution in [3.63, 3.8) is 0 Å². The van der Waals surface area contributed by atoms with Gasteiger partial charge in [0.25, 0.3) is 0 Å². The van der Waals surface area contributed by atoms with Gasteiger partial charge in [-0.05, 0) is 34.9 Å². The van der Waals surface area contributed by atoms with Gasteiger partial charge in [-0.25, -0.2) is 0 Å². The van der Waals surface area contributed by atoms with E-state index in [2.05, 4.69) is 34.6 Å². The maximum Gasteiger partial charge on any atom is 0.169 e. The van der Waals surface area contributed by atoms with Gasteiger partial charge >= 0.3 is 0 Å². The molecule has 0 aliphatic heterocycles. The molecule has 0 amide bonds. The van der Waals surface area contributed by atoms with Crippen LogP contribution in [-0.2, 0) is 5.41 Å². The second-order valence-electron chi connectivity index (χ2n) is 7.87. The summed E-state index contributed by atoms with van der Waals surface area (Å²) in [7, 11) is 0. The molecule has 0 aliphatic carbocycles. The molecule has 0 aromatic heterocycles. The van der Waals surface area contributed by atoms with Gasteiger partial charge in [0.05, 0.1) is 5.56 Å². The van der Waals surface area contributed by atoms with Gasteiger partial charge in [-0.3, -0.25) is 4.79 Å². The molecule has 0 spiro atoms. The van der Waals surface area contributed by atoms with E-state index in [1.54, 1.807) is 6.07 Å². The Morgan fingerprint density at radius 3 is 2.15 bits per heavy atom. The molecule has 0 atom stereocenters. The number of hydrogen-bond acceptors (Lipinski definition) is 2. The Morgan fingerprint density at radius 2 is 1.70 bits per heavy atom. The highest BCUT2D eigenvalue weighted by Crippen LogP contribution is 2.37. The van der Waals surface area contributed by atoms with Crippen LogP contribution in [0.2, 0.25) is 0 Å². The maximum absolute atomic E-state index is 12.2. The number of Topliss-reactive ketones (excluding diaryl/α,β-unsaturated/α-hetero) is 1. The fraction of sp³-hybridized carbons (Fsp3) is 0.611. The summed E-state index contributed by atoms with van der Waals surface area (Å²) in [5, 5.41) is 9.93. The summed E-state index contributed by atoms with van der Waals surface area (Å²) in [5.41, 5.74) is 1.73. The van der Waals surface area contributed by atoms with Crippen molar-refractivity contribution in [2.45, 2.75) is 60.3 Å². The van der Waals surface area contributed by atoms with Crippen molar-refractivity contribution < 1.29 is 9.90 Å². The number of aromatic hydroxyl groups is 1. The number of carbonyl (C=O) groups is 1. The molecular formula is C18H28O2. The predicted octanol–water partition coefficient (Wildman–Crippen LogP) is 4.94. The highest BCUT2D eigenvalue weighted by atomic mass is 16.3. The lowest BCUT2D eigenvalue weighted by atomic mass is 9.72. The molecule has 0 bridgehead atoms. The molecule has 0 fully saturated rings. The van der Waals surface area contributed by atoms with Crippen LogP contribution < -0.4 is 0 Å². The Hall–Kier alpha value is -1.31. The van der Waals surface area contributed by atoms with Gasteiger partial charge in [0, 0.05) is 5.92 Å². The predicted molar refractivity (Wildman–Crippen MR) is 84.4 cm³/mol. The lowest BCUT2D eigenvalue weighted by Gasteiger charge is -2.33. The Labute approximate surface area is 123 Å². The van der Waals surface area contributed by atoms with E-state index in [0.717, 1.165) is 12.0 Å². The summed E-state index contributed by atoms with van der Waals surface area (Å²) >= 11 is 0. The Kier molecular flexibility index (Phi) is 4.68. The normalized spacial score (nSPS) is 12.8. The highest BCUT2D eigenvalue weighted by Gasteiger charge is 2.28. The fourth-order valence-electron chi connectivity index (χ4n) is 2.89. The molecule has 0 aliphatic rings. The van der Waals surface area contributed by atoms with Gasteiger partial charge < -0.3 is 5.11 Å². The summed E-state index contributed by atoms with van der Waals surface area (Å²) in [6.07, 6.45) is 1.01. The minimum atomic E-state index is -0.109. The molecule has 0 saturated heterocycles. The topological polar surface area (TPSA) is 37.3 Å². The largest absolute Gasteiger partial charge is 0.507 e. The number of hydrogen-bond donors (Lipinski definition) is 1. The minimum absolute atomic E-state index is 0.00379. The number of carbonyl (C=O) groups excluding carboxylic acids is 1. The molecule has 0 unspecified atom stereocenters. The Balaban J connectivity index is 3.21. The van der Waals surface area contributed by atoms with Gasteiger partial charge in [-0.15, -0.1) is 0 Å². The zero-order chi connectivity index (χ0) is 15.7. The molecule has 0 heterocycles. The second kappa shape index (κ2) is 5.59. The summed E-state index contributed by atoms with van der Waals surface area (Å²) in [5.74, 6) is -0.0307. The molecule has 1 rings (SSSR count). The monoisotopic (exact) mass is 276 g/mol. The Bertz CT molecular complexity index is 491. The van der Waals surface area contributed by atoms with E-state index in [1.807, 2.05) is 26.0 Å². The van der Waals surface area contributed by atoms with E-state index in [9.17, 15) is 9.90 Å². The van der Waals surface area contributed by atoms with Crippen LogP contribution in [-0.4, -0.2) is 10.9 Å². The molecule has 1 N–H and O–H groups in total. The quantitative estimate of drug-likeness (QED) is 0.790. The number of benzene rings is 1. The van der Waals surface area contributed by atoms with Gasteiger partial charge in [-0.2, -0.15) is 0 Å². The van der Waals surface area contributed by atoms with Crippen LogP contribution in [0.25, 0.3) is 0 Å². The van der Waals surface area contributed by atoms with E-state index >= 15 is 0 Å². The van der Waals surface area contributed by atoms with Crippen LogP contribution in [0.15, 0.2) is 18.2 Å². The van der Waals surface area contributed by atoms with Crippen molar-refractivity contribution in [2.24, 2.45) is 11.3 Å². The minimum Gasteiger partial charge on any atom is -0.507 e. The summed E-state index contributed by atoms with van der Waals surface area (Å²) in [6, 6.07) is 5.44. The number of ketones is 1. The molecule has 112 valence electrons. The lowest BCUT2D eigenvalue weighted by Crippen LogP contribution is -2.25. The zero-order valence-electron chi connectivity index (χ0n) is 13.9. The second-order valence-corrected chi connectivity index (χ2v) is 7.87. The average Bonchev–Trinajstić information content (AvgIpc) is 2.25. The molecular weight excluding hydrogens is 248 g/mol. The average molecular weight is 276 g/mol. The van der Waals surface area contributed by atoms with Crippen molar-refractivity contribution in [2.75, 3.05) is 0 Å². The van der Waals surface area contributed by atoms with Crippen molar-refractivity contribution in [1.82, 2.24) is 0 Å². The van der Waals surface area contributed by atoms with Gasteiger partial charge in [0.1, 0.15) is 5.75 Å². The SMILES string of the molecule is CC(C)C(=O)c1cc(C(C)(C)CC(C)(C)C)ccc1O. The number of phenolic OH excluding ortho intramolecular Hbond substituents is 1. The molecule has 1 aromatic rings. The number of phenols is 1. The van der Waals surface area contributed by atoms with Crippen LogP contribution >= 0.6 is 0 Å².